The highest BCUT2D eigenvalue weighted by Crippen LogP contribution is 2.24. The first-order chi connectivity index (χ1) is 12.5. The normalized spacial score (nSPS) is 12.0. The predicted octanol–water partition coefficient (Wildman–Crippen LogP) is 4.81. The lowest BCUT2D eigenvalue weighted by molar-refractivity contribution is -0.115. The average molecular weight is 387 g/mol. The van der Waals surface area contributed by atoms with Gasteiger partial charge in [-0.15, -0.1) is 5.10 Å². The van der Waals surface area contributed by atoms with Gasteiger partial charge in [-0.25, -0.2) is 4.98 Å². The van der Waals surface area contributed by atoms with Crippen molar-refractivity contribution in [3.63, 3.8) is 0 Å². The smallest absolute Gasteiger partial charge is 0.237 e. The third-order valence-corrected chi connectivity index (χ3v) is 5.08. The number of aromatic amines is 1. The van der Waals surface area contributed by atoms with Crippen LogP contribution in [0.25, 0.3) is 11.4 Å². The van der Waals surface area contributed by atoms with Crippen LogP contribution in [-0.4, -0.2) is 26.3 Å². The highest BCUT2D eigenvalue weighted by molar-refractivity contribution is 8.00. The SMILES string of the molecule is CCc1ccc(-c2nc(SC(C)C(=O)Nc3ccc(Cl)cc3)n[nH]2)cc1. The molecule has 3 rings (SSSR count). The number of hydrogen-bond donors (Lipinski definition) is 2. The molecule has 0 aliphatic heterocycles. The minimum absolute atomic E-state index is 0.115. The van der Waals surface area contributed by atoms with Crippen LogP contribution in [0.5, 0.6) is 0 Å². The van der Waals surface area contributed by atoms with E-state index >= 15 is 0 Å². The summed E-state index contributed by atoms with van der Waals surface area (Å²) in [6.45, 7) is 3.94. The zero-order valence-electron chi connectivity index (χ0n) is 14.5. The maximum Gasteiger partial charge on any atom is 0.237 e. The Morgan fingerprint density at radius 3 is 2.54 bits per heavy atom. The first-order valence-corrected chi connectivity index (χ1v) is 9.55. The molecule has 1 aromatic heterocycles. The monoisotopic (exact) mass is 386 g/mol. The third kappa shape index (κ3) is 4.65. The van der Waals surface area contributed by atoms with Crippen LogP contribution < -0.4 is 5.32 Å². The van der Waals surface area contributed by atoms with E-state index in [2.05, 4.69) is 39.6 Å². The van der Waals surface area contributed by atoms with E-state index in [1.807, 2.05) is 19.1 Å². The standard InChI is InChI=1S/C19H19ClN4OS/c1-3-13-4-6-14(7-5-13)17-22-19(24-23-17)26-12(2)18(25)21-16-10-8-15(20)9-11-16/h4-12H,3H2,1-2H3,(H,21,25)(H,22,23,24). The molecule has 0 spiro atoms. The Bertz CT molecular complexity index is 877. The predicted molar refractivity (Wildman–Crippen MR) is 107 cm³/mol. The lowest BCUT2D eigenvalue weighted by atomic mass is 10.1. The summed E-state index contributed by atoms with van der Waals surface area (Å²) < 4.78 is 0. The molecular formula is C19H19ClN4OS. The number of thioether (sulfide) groups is 1. The van der Waals surface area contributed by atoms with E-state index in [0.29, 0.717) is 21.7 Å². The number of amides is 1. The zero-order chi connectivity index (χ0) is 18.5. The van der Waals surface area contributed by atoms with Crippen LogP contribution in [-0.2, 0) is 11.2 Å². The number of H-pyrrole nitrogens is 1. The number of nitrogens with zero attached hydrogens (tertiary/aromatic N) is 2. The summed E-state index contributed by atoms with van der Waals surface area (Å²) in [7, 11) is 0. The van der Waals surface area contributed by atoms with Crippen molar-refractivity contribution in [3.8, 4) is 11.4 Å². The summed E-state index contributed by atoms with van der Waals surface area (Å²) >= 11 is 7.16. The summed E-state index contributed by atoms with van der Waals surface area (Å²) in [5.41, 5.74) is 2.95. The molecule has 0 fully saturated rings. The maximum absolute atomic E-state index is 12.3. The molecule has 0 bridgehead atoms. The van der Waals surface area contributed by atoms with Crippen molar-refractivity contribution in [2.75, 3.05) is 5.32 Å². The number of benzene rings is 2. The summed E-state index contributed by atoms with van der Waals surface area (Å²) in [6, 6.07) is 15.2. The Labute approximate surface area is 161 Å². The minimum atomic E-state index is -0.336. The Balaban J connectivity index is 1.62. The molecule has 1 unspecified atom stereocenters. The van der Waals surface area contributed by atoms with E-state index in [4.69, 9.17) is 11.6 Å². The van der Waals surface area contributed by atoms with E-state index in [1.165, 1.54) is 17.3 Å². The number of hydrogen-bond acceptors (Lipinski definition) is 4. The molecule has 1 atom stereocenters. The minimum Gasteiger partial charge on any atom is -0.325 e. The Kier molecular flexibility index (Phi) is 5.96. The average Bonchev–Trinajstić information content (AvgIpc) is 3.12. The molecule has 1 amide bonds. The largest absolute Gasteiger partial charge is 0.325 e. The van der Waals surface area contributed by atoms with Crippen molar-refractivity contribution >= 4 is 35.0 Å². The molecule has 134 valence electrons. The molecule has 5 nitrogen and oxygen atoms in total. The van der Waals surface area contributed by atoms with E-state index < -0.39 is 0 Å². The van der Waals surface area contributed by atoms with Gasteiger partial charge in [-0.3, -0.25) is 9.89 Å². The van der Waals surface area contributed by atoms with E-state index in [-0.39, 0.29) is 11.2 Å². The van der Waals surface area contributed by atoms with Gasteiger partial charge in [0.05, 0.1) is 5.25 Å². The maximum atomic E-state index is 12.3. The highest BCUT2D eigenvalue weighted by Gasteiger charge is 2.17. The van der Waals surface area contributed by atoms with Crippen molar-refractivity contribution < 1.29 is 4.79 Å². The molecule has 0 aliphatic rings. The number of carbonyl (C=O) groups is 1. The van der Waals surface area contributed by atoms with Crippen LogP contribution in [0.3, 0.4) is 0 Å². The fraction of sp³-hybridized carbons (Fsp3) is 0.211. The quantitative estimate of drug-likeness (QED) is 0.596. The summed E-state index contributed by atoms with van der Waals surface area (Å²) in [6.07, 6.45) is 0.998. The third-order valence-electron chi connectivity index (χ3n) is 3.86. The molecule has 2 N–H and O–H groups in total. The van der Waals surface area contributed by atoms with Gasteiger partial charge in [0.25, 0.3) is 0 Å². The number of anilines is 1. The number of aromatic nitrogens is 3. The van der Waals surface area contributed by atoms with Crippen molar-refractivity contribution in [1.29, 1.82) is 0 Å². The van der Waals surface area contributed by atoms with E-state index in [1.54, 1.807) is 24.3 Å². The highest BCUT2D eigenvalue weighted by atomic mass is 35.5. The molecule has 3 aromatic rings. The summed E-state index contributed by atoms with van der Waals surface area (Å²) in [5, 5.41) is 10.8. The number of nitrogens with one attached hydrogen (secondary N) is 2. The van der Waals surface area contributed by atoms with Crippen LogP contribution in [0.1, 0.15) is 19.4 Å². The van der Waals surface area contributed by atoms with Crippen molar-refractivity contribution in [3.05, 3.63) is 59.1 Å². The Hall–Kier alpha value is -2.31. The van der Waals surface area contributed by atoms with Crippen LogP contribution >= 0.6 is 23.4 Å². The van der Waals surface area contributed by atoms with Gasteiger partial charge in [0, 0.05) is 16.3 Å². The van der Waals surface area contributed by atoms with E-state index in [0.717, 1.165) is 12.0 Å². The molecule has 7 heteroatoms. The second kappa shape index (κ2) is 8.38. The molecule has 2 aromatic carbocycles. The first kappa shape index (κ1) is 18.5. The topological polar surface area (TPSA) is 70.7 Å². The van der Waals surface area contributed by atoms with Gasteiger partial charge in [0.15, 0.2) is 5.82 Å². The van der Waals surface area contributed by atoms with Crippen molar-refractivity contribution in [2.24, 2.45) is 0 Å². The number of halogens is 1. The van der Waals surface area contributed by atoms with Gasteiger partial charge in [-0.05, 0) is 43.2 Å². The molecular weight excluding hydrogens is 368 g/mol. The lowest BCUT2D eigenvalue weighted by Gasteiger charge is -2.10. The van der Waals surface area contributed by atoms with E-state index in [9.17, 15) is 4.79 Å². The van der Waals surface area contributed by atoms with Gasteiger partial charge in [-0.2, -0.15) is 0 Å². The number of rotatable bonds is 6. The van der Waals surface area contributed by atoms with Gasteiger partial charge in [0.2, 0.25) is 11.1 Å². The Morgan fingerprint density at radius 1 is 1.19 bits per heavy atom. The zero-order valence-corrected chi connectivity index (χ0v) is 16.1. The number of aryl methyl sites for hydroxylation is 1. The van der Waals surface area contributed by atoms with Crippen molar-refractivity contribution in [1.82, 2.24) is 15.2 Å². The molecule has 0 saturated carbocycles. The van der Waals surface area contributed by atoms with Gasteiger partial charge >= 0.3 is 0 Å². The van der Waals surface area contributed by atoms with Crippen LogP contribution in [0.15, 0.2) is 53.7 Å². The summed E-state index contributed by atoms with van der Waals surface area (Å²) in [4.78, 5) is 16.8. The second-order valence-corrected chi connectivity index (χ2v) is 7.52. The molecule has 0 radical (unpaired) electrons. The number of carbonyl (C=O) groups excluding carboxylic acids is 1. The van der Waals surface area contributed by atoms with Crippen LogP contribution in [0, 0.1) is 0 Å². The lowest BCUT2D eigenvalue weighted by Crippen LogP contribution is -2.22. The van der Waals surface area contributed by atoms with Crippen LogP contribution in [0.4, 0.5) is 5.69 Å². The molecule has 1 heterocycles. The second-order valence-electron chi connectivity index (χ2n) is 5.77. The van der Waals surface area contributed by atoms with Crippen molar-refractivity contribution in [2.45, 2.75) is 30.7 Å². The Morgan fingerprint density at radius 2 is 1.88 bits per heavy atom. The summed E-state index contributed by atoms with van der Waals surface area (Å²) in [5.74, 6) is 0.580. The fourth-order valence-corrected chi connectivity index (χ4v) is 3.17. The van der Waals surface area contributed by atoms with Gasteiger partial charge in [0.1, 0.15) is 0 Å². The van der Waals surface area contributed by atoms with Gasteiger partial charge < -0.3 is 5.32 Å². The first-order valence-electron chi connectivity index (χ1n) is 8.30. The molecule has 26 heavy (non-hydrogen) atoms. The van der Waals surface area contributed by atoms with Gasteiger partial charge in [-0.1, -0.05) is 54.6 Å². The fourth-order valence-electron chi connectivity index (χ4n) is 2.32. The molecule has 0 saturated heterocycles. The van der Waals surface area contributed by atoms with Crippen LogP contribution in [0.2, 0.25) is 5.02 Å². The molecule has 0 aliphatic carbocycles.